The summed E-state index contributed by atoms with van der Waals surface area (Å²) in [6.45, 7) is 2.11. The Morgan fingerprint density at radius 2 is 1.74 bits per heavy atom. The van der Waals surface area contributed by atoms with Crippen LogP contribution in [0.2, 0.25) is 0 Å². The van der Waals surface area contributed by atoms with Crippen LogP contribution in [-0.4, -0.2) is 20.4 Å². The van der Waals surface area contributed by atoms with Gasteiger partial charge in [-0.1, -0.05) is 24.3 Å². The van der Waals surface area contributed by atoms with E-state index in [1.165, 1.54) is 5.56 Å². The highest BCUT2D eigenvalue weighted by Gasteiger charge is 2.12. The molecule has 0 radical (unpaired) electrons. The summed E-state index contributed by atoms with van der Waals surface area (Å²) in [6.07, 6.45) is 1.86. The first-order chi connectivity index (χ1) is 9.34. The van der Waals surface area contributed by atoms with Crippen LogP contribution in [0.3, 0.4) is 0 Å². The summed E-state index contributed by atoms with van der Waals surface area (Å²) in [5.41, 5.74) is 5.45. The highest BCUT2D eigenvalue weighted by Crippen LogP contribution is 2.31. The van der Waals surface area contributed by atoms with Crippen molar-refractivity contribution in [3.63, 3.8) is 0 Å². The molecule has 0 aliphatic carbocycles. The van der Waals surface area contributed by atoms with Crippen molar-refractivity contribution in [3.05, 3.63) is 48.2 Å². The predicted octanol–water partition coefficient (Wildman–Crippen LogP) is 3.41. The van der Waals surface area contributed by atoms with Gasteiger partial charge in [-0.15, -0.1) is 0 Å². The molecular weight excluding hydrogens is 236 g/mol. The Morgan fingerprint density at radius 1 is 0.895 bits per heavy atom. The van der Waals surface area contributed by atoms with Crippen LogP contribution in [0.5, 0.6) is 0 Å². The molecule has 4 aromatic rings. The maximum Gasteiger partial charge on any atom is 0.100 e. The standard InChI is InChI=1S/C15H12N4/c1-9-10(6-7-14-12(9)8-16-17-14)15-11-4-2-3-5-13(11)18-19-15/h2-8H,1H3,(H,16,17)(H,18,19). The van der Waals surface area contributed by atoms with Gasteiger partial charge < -0.3 is 0 Å². The van der Waals surface area contributed by atoms with E-state index in [2.05, 4.69) is 39.5 Å². The van der Waals surface area contributed by atoms with Gasteiger partial charge in [-0.05, 0) is 24.6 Å². The summed E-state index contributed by atoms with van der Waals surface area (Å²) >= 11 is 0. The van der Waals surface area contributed by atoms with Gasteiger partial charge >= 0.3 is 0 Å². The van der Waals surface area contributed by atoms with Gasteiger partial charge in [0.2, 0.25) is 0 Å². The number of rotatable bonds is 1. The number of nitrogens with zero attached hydrogens (tertiary/aromatic N) is 2. The molecule has 2 N–H and O–H groups in total. The minimum absolute atomic E-state index is 0.996. The molecule has 0 spiro atoms. The summed E-state index contributed by atoms with van der Waals surface area (Å²) in [5, 5.41) is 16.9. The molecule has 4 heteroatoms. The summed E-state index contributed by atoms with van der Waals surface area (Å²) in [4.78, 5) is 0. The lowest BCUT2D eigenvalue weighted by Crippen LogP contribution is -1.85. The number of hydrogen-bond acceptors (Lipinski definition) is 2. The third-order valence-electron chi connectivity index (χ3n) is 3.62. The van der Waals surface area contributed by atoms with E-state index in [1.54, 1.807) is 0 Å². The molecule has 2 heterocycles. The van der Waals surface area contributed by atoms with Crippen LogP contribution >= 0.6 is 0 Å². The van der Waals surface area contributed by atoms with E-state index >= 15 is 0 Å². The molecule has 0 atom stereocenters. The van der Waals surface area contributed by atoms with E-state index in [9.17, 15) is 0 Å². The average Bonchev–Trinajstić information content (AvgIpc) is 3.06. The molecule has 4 nitrogen and oxygen atoms in total. The lowest BCUT2D eigenvalue weighted by atomic mass is 10.00. The van der Waals surface area contributed by atoms with E-state index in [0.717, 1.165) is 33.1 Å². The van der Waals surface area contributed by atoms with Gasteiger partial charge in [-0.2, -0.15) is 10.2 Å². The second kappa shape index (κ2) is 3.68. The Labute approximate surface area is 109 Å². The van der Waals surface area contributed by atoms with Gasteiger partial charge in [0.1, 0.15) is 5.69 Å². The van der Waals surface area contributed by atoms with Crippen molar-refractivity contribution in [1.82, 2.24) is 20.4 Å². The summed E-state index contributed by atoms with van der Waals surface area (Å²) in [6, 6.07) is 12.3. The highest BCUT2D eigenvalue weighted by molar-refractivity contribution is 5.97. The molecule has 0 aliphatic rings. The van der Waals surface area contributed by atoms with Gasteiger partial charge in [0.15, 0.2) is 0 Å². The number of para-hydroxylation sites is 1. The van der Waals surface area contributed by atoms with Gasteiger partial charge in [0, 0.05) is 16.3 Å². The van der Waals surface area contributed by atoms with Crippen LogP contribution in [0, 0.1) is 6.92 Å². The zero-order chi connectivity index (χ0) is 12.8. The Balaban J connectivity index is 2.06. The summed E-state index contributed by atoms with van der Waals surface area (Å²) < 4.78 is 0. The van der Waals surface area contributed by atoms with Gasteiger partial charge in [-0.3, -0.25) is 10.2 Å². The fourth-order valence-corrected chi connectivity index (χ4v) is 2.58. The van der Waals surface area contributed by atoms with Crippen LogP contribution in [0.15, 0.2) is 42.6 Å². The fourth-order valence-electron chi connectivity index (χ4n) is 2.58. The number of H-pyrrole nitrogens is 2. The van der Waals surface area contributed by atoms with Gasteiger partial charge in [0.25, 0.3) is 0 Å². The minimum Gasteiger partial charge on any atom is -0.278 e. The normalized spacial score (nSPS) is 11.4. The molecule has 0 amide bonds. The lowest BCUT2D eigenvalue weighted by molar-refractivity contribution is 1.12. The topological polar surface area (TPSA) is 57.4 Å². The van der Waals surface area contributed by atoms with E-state index in [0.29, 0.717) is 0 Å². The van der Waals surface area contributed by atoms with Crippen molar-refractivity contribution >= 4 is 21.8 Å². The smallest absolute Gasteiger partial charge is 0.100 e. The molecule has 2 aromatic carbocycles. The van der Waals surface area contributed by atoms with E-state index in [-0.39, 0.29) is 0 Å². The SMILES string of the molecule is Cc1c(-c2n[nH]c3ccccc23)ccc2[nH]ncc12. The number of benzene rings is 2. The Bertz CT molecular complexity index is 885. The number of hydrogen-bond donors (Lipinski definition) is 2. The second-order valence-electron chi connectivity index (χ2n) is 4.69. The van der Waals surface area contributed by atoms with Crippen molar-refractivity contribution in [2.75, 3.05) is 0 Å². The van der Waals surface area contributed by atoms with Crippen molar-refractivity contribution in [2.24, 2.45) is 0 Å². The predicted molar refractivity (Wildman–Crippen MR) is 75.9 cm³/mol. The molecule has 4 rings (SSSR count). The Morgan fingerprint density at radius 3 is 2.68 bits per heavy atom. The molecule has 19 heavy (non-hydrogen) atoms. The summed E-state index contributed by atoms with van der Waals surface area (Å²) in [7, 11) is 0. The van der Waals surface area contributed by atoms with Crippen LogP contribution in [0.1, 0.15) is 5.56 Å². The maximum atomic E-state index is 4.46. The molecular formula is C15H12N4. The van der Waals surface area contributed by atoms with Crippen molar-refractivity contribution in [2.45, 2.75) is 6.92 Å². The van der Waals surface area contributed by atoms with Gasteiger partial charge in [-0.25, -0.2) is 0 Å². The molecule has 0 fully saturated rings. The fraction of sp³-hybridized carbons (Fsp3) is 0.0667. The molecule has 0 bridgehead atoms. The van der Waals surface area contributed by atoms with Crippen LogP contribution < -0.4 is 0 Å². The quantitative estimate of drug-likeness (QED) is 0.542. The average molecular weight is 248 g/mol. The zero-order valence-corrected chi connectivity index (χ0v) is 10.4. The highest BCUT2D eigenvalue weighted by atomic mass is 15.1. The lowest BCUT2D eigenvalue weighted by Gasteiger charge is -2.04. The second-order valence-corrected chi connectivity index (χ2v) is 4.69. The number of aromatic amines is 2. The first-order valence-electron chi connectivity index (χ1n) is 6.21. The van der Waals surface area contributed by atoms with E-state index < -0.39 is 0 Å². The zero-order valence-electron chi connectivity index (χ0n) is 10.4. The molecule has 0 saturated heterocycles. The number of nitrogens with one attached hydrogen (secondary N) is 2. The largest absolute Gasteiger partial charge is 0.278 e. The molecule has 0 aliphatic heterocycles. The van der Waals surface area contributed by atoms with Gasteiger partial charge in [0.05, 0.1) is 17.2 Å². The number of aromatic nitrogens is 4. The summed E-state index contributed by atoms with van der Waals surface area (Å²) in [5.74, 6) is 0. The number of aryl methyl sites for hydroxylation is 1. The maximum absolute atomic E-state index is 4.46. The van der Waals surface area contributed by atoms with Crippen LogP contribution in [-0.2, 0) is 0 Å². The van der Waals surface area contributed by atoms with Crippen LogP contribution in [0.4, 0.5) is 0 Å². The van der Waals surface area contributed by atoms with E-state index in [1.807, 2.05) is 30.5 Å². The first-order valence-corrected chi connectivity index (χ1v) is 6.21. The van der Waals surface area contributed by atoms with Crippen molar-refractivity contribution in [3.8, 4) is 11.3 Å². The van der Waals surface area contributed by atoms with E-state index in [4.69, 9.17) is 0 Å². The molecule has 0 saturated carbocycles. The third kappa shape index (κ3) is 1.40. The minimum atomic E-state index is 0.996. The monoisotopic (exact) mass is 248 g/mol. The number of fused-ring (bicyclic) bond motifs is 2. The Hall–Kier alpha value is -2.62. The van der Waals surface area contributed by atoms with Crippen molar-refractivity contribution in [1.29, 1.82) is 0 Å². The molecule has 0 unspecified atom stereocenters. The Kier molecular flexibility index (Phi) is 2.00. The third-order valence-corrected chi connectivity index (χ3v) is 3.62. The molecule has 92 valence electrons. The van der Waals surface area contributed by atoms with Crippen LogP contribution in [0.25, 0.3) is 33.1 Å². The molecule has 2 aromatic heterocycles. The first kappa shape index (κ1) is 10.3. The van der Waals surface area contributed by atoms with Crippen molar-refractivity contribution < 1.29 is 0 Å².